The van der Waals surface area contributed by atoms with Gasteiger partial charge in [-0.25, -0.2) is 4.79 Å². The molecular formula is C5H11NO3. The molecular weight excluding hydrogens is 122 g/mol. The van der Waals surface area contributed by atoms with Crippen molar-refractivity contribution < 1.29 is 14.6 Å². The second-order valence-electron chi connectivity index (χ2n) is 1.75. The lowest BCUT2D eigenvalue weighted by molar-refractivity contribution is -0.162. The van der Waals surface area contributed by atoms with Crippen LogP contribution in [0.3, 0.4) is 0 Å². The van der Waals surface area contributed by atoms with Crippen molar-refractivity contribution in [3.05, 3.63) is 0 Å². The Hall–Kier alpha value is -0.610. The van der Waals surface area contributed by atoms with Crippen molar-refractivity contribution in [3.63, 3.8) is 0 Å². The summed E-state index contributed by atoms with van der Waals surface area (Å²) in [6, 6.07) is 0. The van der Waals surface area contributed by atoms with E-state index in [-0.39, 0.29) is 6.42 Å². The summed E-state index contributed by atoms with van der Waals surface area (Å²) in [5.74, 6) is -1.13. The highest BCUT2D eigenvalue weighted by molar-refractivity contribution is 5.76. The number of hydrogen-bond donors (Lipinski definition) is 2. The van der Waals surface area contributed by atoms with Crippen molar-refractivity contribution in [2.75, 3.05) is 7.11 Å². The van der Waals surface area contributed by atoms with E-state index in [1.807, 2.05) is 0 Å². The summed E-state index contributed by atoms with van der Waals surface area (Å²) in [5.41, 5.74) is 3.72. The molecule has 0 fully saturated rings. The zero-order valence-electron chi connectivity index (χ0n) is 5.55. The largest absolute Gasteiger partial charge is 0.478 e. The number of carboxylic acid groups (broad SMARTS) is 1. The van der Waals surface area contributed by atoms with Gasteiger partial charge in [0.1, 0.15) is 0 Å². The summed E-state index contributed by atoms with van der Waals surface area (Å²) in [4.78, 5) is 10.2. The number of carbonyl (C=O) groups is 1. The second kappa shape index (κ2) is 2.80. The normalized spacial score (nSPS) is 16.8. The fourth-order valence-corrected chi connectivity index (χ4v) is 0.383. The Labute approximate surface area is 53.6 Å². The SMILES string of the molecule is CCC(N)(OC)C(=O)O. The smallest absolute Gasteiger partial charge is 0.351 e. The average molecular weight is 133 g/mol. The van der Waals surface area contributed by atoms with Gasteiger partial charge in [-0.3, -0.25) is 5.73 Å². The molecule has 1 atom stereocenters. The minimum Gasteiger partial charge on any atom is -0.478 e. The molecule has 0 radical (unpaired) electrons. The van der Waals surface area contributed by atoms with Gasteiger partial charge in [0.2, 0.25) is 5.72 Å². The van der Waals surface area contributed by atoms with Crippen LogP contribution in [0.15, 0.2) is 0 Å². The molecule has 0 saturated heterocycles. The quantitative estimate of drug-likeness (QED) is 0.522. The van der Waals surface area contributed by atoms with Crippen molar-refractivity contribution in [2.45, 2.75) is 19.1 Å². The van der Waals surface area contributed by atoms with Crippen LogP contribution in [0.25, 0.3) is 0 Å². The summed E-state index contributed by atoms with van der Waals surface area (Å²) in [6.07, 6.45) is 0.263. The molecule has 4 heteroatoms. The first-order valence-corrected chi connectivity index (χ1v) is 2.64. The van der Waals surface area contributed by atoms with Crippen LogP contribution in [0.5, 0.6) is 0 Å². The molecule has 4 nitrogen and oxygen atoms in total. The second-order valence-corrected chi connectivity index (χ2v) is 1.75. The van der Waals surface area contributed by atoms with Crippen molar-refractivity contribution in [3.8, 4) is 0 Å². The molecule has 0 aromatic carbocycles. The van der Waals surface area contributed by atoms with Crippen LogP contribution in [0.2, 0.25) is 0 Å². The van der Waals surface area contributed by atoms with Crippen LogP contribution in [0.1, 0.15) is 13.3 Å². The third kappa shape index (κ3) is 1.65. The molecule has 0 aromatic heterocycles. The minimum absolute atomic E-state index is 0.263. The highest BCUT2D eigenvalue weighted by Crippen LogP contribution is 2.05. The Morgan fingerprint density at radius 3 is 2.33 bits per heavy atom. The lowest BCUT2D eigenvalue weighted by Gasteiger charge is -2.19. The van der Waals surface area contributed by atoms with Crippen LogP contribution >= 0.6 is 0 Å². The van der Waals surface area contributed by atoms with Gasteiger partial charge in [0.05, 0.1) is 0 Å². The summed E-state index contributed by atoms with van der Waals surface area (Å²) >= 11 is 0. The minimum atomic E-state index is -1.50. The molecule has 9 heavy (non-hydrogen) atoms. The first kappa shape index (κ1) is 8.39. The van der Waals surface area contributed by atoms with Crippen molar-refractivity contribution in [1.82, 2.24) is 0 Å². The number of ether oxygens (including phenoxy) is 1. The maximum absolute atomic E-state index is 10.2. The molecule has 1 unspecified atom stereocenters. The Morgan fingerprint density at radius 1 is 1.89 bits per heavy atom. The standard InChI is InChI=1S/C5H11NO3/c1-3-5(6,9-2)4(7)8/h3,6H2,1-2H3,(H,7,8). The summed E-state index contributed by atoms with van der Waals surface area (Å²) in [5, 5.41) is 8.38. The third-order valence-corrected chi connectivity index (χ3v) is 1.25. The first-order chi connectivity index (χ1) is 4.06. The van der Waals surface area contributed by atoms with E-state index >= 15 is 0 Å². The van der Waals surface area contributed by atoms with Gasteiger partial charge in [-0.2, -0.15) is 0 Å². The molecule has 0 aliphatic heterocycles. The van der Waals surface area contributed by atoms with E-state index in [4.69, 9.17) is 10.8 Å². The number of aliphatic carboxylic acids is 1. The van der Waals surface area contributed by atoms with Gasteiger partial charge < -0.3 is 9.84 Å². The van der Waals surface area contributed by atoms with E-state index < -0.39 is 11.7 Å². The predicted octanol–water partition coefficient (Wildman–Crippen LogP) is -0.218. The van der Waals surface area contributed by atoms with E-state index in [1.54, 1.807) is 6.92 Å². The molecule has 0 aromatic rings. The number of carboxylic acids is 1. The van der Waals surface area contributed by atoms with Gasteiger partial charge in [-0.05, 0) is 6.42 Å². The van der Waals surface area contributed by atoms with Gasteiger partial charge in [0, 0.05) is 7.11 Å². The third-order valence-electron chi connectivity index (χ3n) is 1.25. The fraction of sp³-hybridized carbons (Fsp3) is 0.800. The number of hydrogen-bond acceptors (Lipinski definition) is 3. The highest BCUT2D eigenvalue weighted by atomic mass is 16.5. The molecule has 0 aliphatic carbocycles. The predicted molar refractivity (Wildman–Crippen MR) is 31.9 cm³/mol. The van der Waals surface area contributed by atoms with Gasteiger partial charge in [0.15, 0.2) is 0 Å². The first-order valence-electron chi connectivity index (χ1n) is 2.64. The lowest BCUT2D eigenvalue weighted by Crippen LogP contribution is -2.48. The van der Waals surface area contributed by atoms with E-state index in [1.165, 1.54) is 7.11 Å². The molecule has 54 valence electrons. The molecule has 0 spiro atoms. The molecule has 0 aliphatic rings. The van der Waals surface area contributed by atoms with Crippen molar-refractivity contribution in [2.24, 2.45) is 5.73 Å². The van der Waals surface area contributed by atoms with Gasteiger partial charge in [-0.1, -0.05) is 6.92 Å². The van der Waals surface area contributed by atoms with Gasteiger partial charge in [0.25, 0.3) is 0 Å². The summed E-state index contributed by atoms with van der Waals surface area (Å²) in [6.45, 7) is 1.65. The van der Waals surface area contributed by atoms with E-state index in [0.717, 1.165) is 0 Å². The molecule has 0 amide bonds. The summed E-state index contributed by atoms with van der Waals surface area (Å²) in [7, 11) is 1.28. The maximum atomic E-state index is 10.2. The average Bonchev–Trinajstić information content (AvgIpc) is 1.86. The number of nitrogens with two attached hydrogens (primary N) is 1. The topological polar surface area (TPSA) is 72.5 Å². The zero-order valence-corrected chi connectivity index (χ0v) is 5.55. The van der Waals surface area contributed by atoms with Crippen LogP contribution < -0.4 is 5.73 Å². The van der Waals surface area contributed by atoms with Crippen LogP contribution in [-0.2, 0) is 9.53 Å². The Balaban J connectivity index is 4.09. The Morgan fingerprint density at radius 2 is 2.33 bits per heavy atom. The van der Waals surface area contributed by atoms with Crippen LogP contribution in [-0.4, -0.2) is 23.9 Å². The van der Waals surface area contributed by atoms with Crippen molar-refractivity contribution >= 4 is 5.97 Å². The van der Waals surface area contributed by atoms with Gasteiger partial charge >= 0.3 is 5.97 Å². The number of rotatable bonds is 3. The Kier molecular flexibility index (Phi) is 2.61. The Bertz CT molecular complexity index is 109. The highest BCUT2D eigenvalue weighted by Gasteiger charge is 2.30. The monoisotopic (exact) mass is 133 g/mol. The molecule has 0 rings (SSSR count). The van der Waals surface area contributed by atoms with E-state index in [0.29, 0.717) is 0 Å². The lowest BCUT2D eigenvalue weighted by atomic mass is 10.2. The fourth-order valence-electron chi connectivity index (χ4n) is 0.383. The van der Waals surface area contributed by atoms with E-state index in [2.05, 4.69) is 4.74 Å². The van der Waals surface area contributed by atoms with E-state index in [9.17, 15) is 4.79 Å². The zero-order chi connectivity index (χ0) is 7.49. The van der Waals surface area contributed by atoms with Gasteiger partial charge in [-0.15, -0.1) is 0 Å². The molecule has 0 saturated carbocycles. The molecule has 3 N–H and O–H groups in total. The molecule has 0 bridgehead atoms. The number of methoxy groups -OCH3 is 1. The van der Waals surface area contributed by atoms with Crippen LogP contribution in [0.4, 0.5) is 0 Å². The molecule has 0 heterocycles. The maximum Gasteiger partial charge on any atom is 0.351 e. The van der Waals surface area contributed by atoms with Crippen LogP contribution in [0, 0.1) is 0 Å². The summed E-state index contributed by atoms with van der Waals surface area (Å²) < 4.78 is 4.53. The van der Waals surface area contributed by atoms with Crippen molar-refractivity contribution in [1.29, 1.82) is 0 Å².